The fourth-order valence-electron chi connectivity index (χ4n) is 1.90. The van der Waals surface area contributed by atoms with Crippen molar-refractivity contribution < 1.29 is 13.2 Å². The molecule has 0 radical (unpaired) electrons. The van der Waals surface area contributed by atoms with Crippen LogP contribution in [0.2, 0.25) is 0 Å². The Morgan fingerprint density at radius 1 is 1.30 bits per heavy atom. The van der Waals surface area contributed by atoms with E-state index in [4.69, 9.17) is 0 Å². The molecule has 1 aromatic carbocycles. The molecule has 1 aromatic heterocycles. The van der Waals surface area contributed by atoms with Crippen molar-refractivity contribution in [2.75, 3.05) is 0 Å². The van der Waals surface area contributed by atoms with E-state index in [0.29, 0.717) is 17.7 Å². The Hall–Kier alpha value is -2.11. The Morgan fingerprint density at radius 3 is 2.60 bits per heavy atom. The number of hydrogen-bond donors (Lipinski definition) is 1. The lowest BCUT2D eigenvalue weighted by Gasteiger charge is -2.09. The van der Waals surface area contributed by atoms with Crippen molar-refractivity contribution in [3.8, 4) is 11.4 Å². The van der Waals surface area contributed by atoms with Gasteiger partial charge in [-0.3, -0.25) is 4.79 Å². The van der Waals surface area contributed by atoms with E-state index in [1.165, 1.54) is 12.1 Å². The Bertz CT molecular complexity index is 690. The molecular weight excluding hydrogens is 269 g/mol. The average Bonchev–Trinajstić information content (AvgIpc) is 2.41. The second-order valence-electron chi connectivity index (χ2n) is 4.42. The van der Waals surface area contributed by atoms with Gasteiger partial charge in [-0.2, -0.15) is 13.2 Å². The van der Waals surface area contributed by atoms with Crippen LogP contribution in [0.15, 0.2) is 29.1 Å². The van der Waals surface area contributed by atoms with Gasteiger partial charge in [0.25, 0.3) is 5.56 Å². The van der Waals surface area contributed by atoms with E-state index in [0.717, 1.165) is 12.1 Å². The van der Waals surface area contributed by atoms with Gasteiger partial charge in [0.15, 0.2) is 0 Å². The van der Waals surface area contributed by atoms with Gasteiger partial charge in [0.05, 0.1) is 11.3 Å². The van der Waals surface area contributed by atoms with E-state index in [-0.39, 0.29) is 16.9 Å². The van der Waals surface area contributed by atoms with Crippen LogP contribution in [0.3, 0.4) is 0 Å². The molecule has 2 aromatic rings. The Balaban J connectivity index is 2.58. The maximum absolute atomic E-state index is 12.7. The highest BCUT2D eigenvalue weighted by Crippen LogP contribution is 2.31. The number of benzene rings is 1. The molecule has 0 saturated carbocycles. The normalized spacial score (nSPS) is 11.7. The molecule has 1 heterocycles. The fraction of sp³-hybridized carbons (Fsp3) is 0.286. The molecule has 106 valence electrons. The van der Waals surface area contributed by atoms with E-state index in [2.05, 4.69) is 9.97 Å². The average molecular weight is 282 g/mol. The van der Waals surface area contributed by atoms with E-state index >= 15 is 0 Å². The Kier molecular flexibility index (Phi) is 3.65. The fourth-order valence-corrected chi connectivity index (χ4v) is 1.90. The summed E-state index contributed by atoms with van der Waals surface area (Å²) < 4.78 is 38.0. The van der Waals surface area contributed by atoms with E-state index in [9.17, 15) is 18.0 Å². The molecule has 0 aliphatic carbocycles. The number of rotatable bonds is 2. The van der Waals surface area contributed by atoms with Crippen LogP contribution >= 0.6 is 0 Å². The summed E-state index contributed by atoms with van der Waals surface area (Å²) in [5.41, 5.74) is 0.219. The molecule has 6 heteroatoms. The van der Waals surface area contributed by atoms with Gasteiger partial charge in [-0.25, -0.2) is 4.98 Å². The number of H-pyrrole nitrogens is 1. The largest absolute Gasteiger partial charge is 0.416 e. The van der Waals surface area contributed by atoms with Gasteiger partial charge >= 0.3 is 6.18 Å². The molecule has 0 saturated heterocycles. The second kappa shape index (κ2) is 5.11. The molecule has 0 aliphatic heterocycles. The third kappa shape index (κ3) is 2.74. The summed E-state index contributed by atoms with van der Waals surface area (Å²) in [5, 5.41) is 0. The van der Waals surface area contributed by atoms with Crippen molar-refractivity contribution in [3.05, 3.63) is 51.4 Å². The molecule has 1 N–H and O–H groups in total. The third-order valence-electron chi connectivity index (χ3n) is 3.05. The summed E-state index contributed by atoms with van der Waals surface area (Å²) in [6, 6.07) is 4.75. The smallest absolute Gasteiger partial charge is 0.306 e. The van der Waals surface area contributed by atoms with E-state index < -0.39 is 11.7 Å². The van der Waals surface area contributed by atoms with E-state index in [1.54, 1.807) is 6.92 Å². The lowest BCUT2D eigenvalue weighted by atomic mass is 10.1. The predicted molar refractivity (Wildman–Crippen MR) is 69.4 cm³/mol. The number of nitrogens with one attached hydrogen (secondary N) is 1. The summed E-state index contributed by atoms with van der Waals surface area (Å²) >= 11 is 0. The maximum atomic E-state index is 12.7. The number of aromatic nitrogens is 2. The summed E-state index contributed by atoms with van der Waals surface area (Å²) in [5.74, 6) is 0.156. The van der Waals surface area contributed by atoms with Crippen molar-refractivity contribution >= 4 is 0 Å². The first-order chi connectivity index (χ1) is 9.32. The second-order valence-corrected chi connectivity index (χ2v) is 4.42. The number of alkyl halides is 3. The van der Waals surface area contributed by atoms with Gasteiger partial charge in [0, 0.05) is 11.1 Å². The number of hydrogen-bond acceptors (Lipinski definition) is 2. The van der Waals surface area contributed by atoms with Crippen LogP contribution < -0.4 is 5.56 Å². The third-order valence-corrected chi connectivity index (χ3v) is 3.05. The topological polar surface area (TPSA) is 45.8 Å². The van der Waals surface area contributed by atoms with E-state index in [1.807, 2.05) is 6.92 Å². The highest BCUT2D eigenvalue weighted by molar-refractivity contribution is 5.56. The van der Waals surface area contributed by atoms with Gasteiger partial charge in [0.2, 0.25) is 0 Å². The minimum atomic E-state index is -4.42. The highest BCUT2D eigenvalue weighted by Gasteiger charge is 2.30. The molecule has 0 fully saturated rings. The number of aromatic amines is 1. The molecular formula is C14H13F3N2O. The highest BCUT2D eigenvalue weighted by atomic mass is 19.4. The lowest BCUT2D eigenvalue weighted by Crippen LogP contribution is -2.16. The number of halogens is 3. The molecule has 0 amide bonds. The van der Waals surface area contributed by atoms with Gasteiger partial charge in [-0.15, -0.1) is 0 Å². The Labute approximate surface area is 113 Å². The van der Waals surface area contributed by atoms with Crippen LogP contribution in [-0.2, 0) is 12.6 Å². The zero-order chi connectivity index (χ0) is 14.9. The molecule has 3 nitrogen and oxygen atoms in total. The molecule has 2 rings (SSSR count). The van der Waals surface area contributed by atoms with Crippen molar-refractivity contribution in [2.45, 2.75) is 26.4 Å². The molecule has 20 heavy (non-hydrogen) atoms. The van der Waals surface area contributed by atoms with Gasteiger partial charge < -0.3 is 4.98 Å². The first kappa shape index (κ1) is 14.3. The number of nitrogens with zero attached hydrogens (tertiary/aromatic N) is 1. The minimum Gasteiger partial charge on any atom is -0.306 e. The maximum Gasteiger partial charge on any atom is 0.416 e. The Morgan fingerprint density at radius 2 is 2.00 bits per heavy atom. The van der Waals surface area contributed by atoms with Gasteiger partial charge in [0.1, 0.15) is 5.82 Å². The zero-order valence-corrected chi connectivity index (χ0v) is 11.0. The predicted octanol–water partition coefficient (Wildman–Crippen LogP) is 3.33. The molecule has 0 unspecified atom stereocenters. The van der Waals surface area contributed by atoms with Crippen LogP contribution in [0, 0.1) is 6.92 Å². The van der Waals surface area contributed by atoms with Crippen molar-refractivity contribution in [2.24, 2.45) is 0 Å². The van der Waals surface area contributed by atoms with Crippen LogP contribution in [0.4, 0.5) is 13.2 Å². The van der Waals surface area contributed by atoms with Crippen LogP contribution in [0.1, 0.15) is 23.7 Å². The first-order valence-electron chi connectivity index (χ1n) is 6.10. The standard InChI is InChI=1S/C14H13F3N2O/c1-3-11-8(2)13(20)19-12(18-11)9-5-4-6-10(7-9)14(15,16)17/h4-7H,3H2,1-2H3,(H,18,19,20). The van der Waals surface area contributed by atoms with Crippen molar-refractivity contribution in [1.29, 1.82) is 0 Å². The summed E-state index contributed by atoms with van der Waals surface area (Å²) in [6.07, 6.45) is -3.88. The SMILES string of the molecule is CCc1nc(-c2cccc(C(F)(F)F)c2)[nH]c(=O)c1C. The lowest BCUT2D eigenvalue weighted by molar-refractivity contribution is -0.137. The molecule has 0 atom stereocenters. The monoisotopic (exact) mass is 282 g/mol. The minimum absolute atomic E-state index is 0.156. The molecule has 0 aliphatic rings. The van der Waals surface area contributed by atoms with Crippen LogP contribution in [0.5, 0.6) is 0 Å². The quantitative estimate of drug-likeness (QED) is 0.918. The molecule has 0 bridgehead atoms. The molecule has 0 spiro atoms. The summed E-state index contributed by atoms with van der Waals surface area (Å²) in [6.45, 7) is 3.48. The van der Waals surface area contributed by atoms with Crippen LogP contribution in [0.25, 0.3) is 11.4 Å². The van der Waals surface area contributed by atoms with Gasteiger partial charge in [-0.05, 0) is 25.5 Å². The van der Waals surface area contributed by atoms with Gasteiger partial charge in [-0.1, -0.05) is 19.1 Å². The first-order valence-corrected chi connectivity index (χ1v) is 6.10. The summed E-state index contributed by atoms with van der Waals surface area (Å²) in [4.78, 5) is 18.5. The van der Waals surface area contributed by atoms with Crippen molar-refractivity contribution in [1.82, 2.24) is 9.97 Å². The van der Waals surface area contributed by atoms with Crippen molar-refractivity contribution in [3.63, 3.8) is 0 Å². The van der Waals surface area contributed by atoms with Crippen LogP contribution in [-0.4, -0.2) is 9.97 Å². The number of aryl methyl sites for hydroxylation is 1. The zero-order valence-electron chi connectivity index (χ0n) is 11.0. The summed E-state index contributed by atoms with van der Waals surface area (Å²) in [7, 11) is 0.